The maximum atomic E-state index is 11.8. The van der Waals surface area contributed by atoms with Gasteiger partial charge in [-0.3, -0.25) is 20.2 Å². The smallest absolute Gasteiger partial charge is 0.258 e. The molecule has 0 aliphatic carbocycles. The van der Waals surface area contributed by atoms with Crippen LogP contribution < -0.4 is 31.9 Å². The molecule has 6 N–H and O–H groups in total. The Labute approximate surface area is 152 Å². The van der Waals surface area contributed by atoms with Crippen molar-refractivity contribution in [1.29, 1.82) is 0 Å². The van der Waals surface area contributed by atoms with E-state index in [0.717, 1.165) is 0 Å². The van der Waals surface area contributed by atoms with Gasteiger partial charge in [-0.15, -0.1) is 0 Å². The molecule has 3 saturated heterocycles. The van der Waals surface area contributed by atoms with Gasteiger partial charge in [0.05, 0.1) is 39.3 Å². The van der Waals surface area contributed by atoms with Crippen LogP contribution >= 0.6 is 0 Å². The molecule has 12 heteroatoms. The van der Waals surface area contributed by atoms with Gasteiger partial charge in [-0.05, 0) is 0 Å². The lowest BCUT2D eigenvalue weighted by molar-refractivity contribution is -0.564. The number of fused-ring (bicyclic) bond motifs is 15. The third-order valence-electron chi connectivity index (χ3n) is 4.93. The van der Waals surface area contributed by atoms with Crippen molar-refractivity contribution in [3.63, 3.8) is 0 Å². The average Bonchev–Trinajstić information content (AvgIpc) is 2.61. The van der Waals surface area contributed by atoms with Gasteiger partial charge < -0.3 is 31.9 Å². The second-order valence-corrected chi connectivity index (χ2v) is 7.02. The molecule has 0 aromatic rings. The Morgan fingerprint density at radius 3 is 0.846 bits per heavy atom. The lowest BCUT2D eigenvalue weighted by Gasteiger charge is -2.30. The maximum Gasteiger partial charge on any atom is 0.258 e. The van der Waals surface area contributed by atoms with Crippen LogP contribution in [0.2, 0.25) is 0 Å². The second kappa shape index (κ2) is 10.0. The van der Waals surface area contributed by atoms with Crippen molar-refractivity contribution < 1.29 is 9.85 Å². The van der Waals surface area contributed by atoms with E-state index in [9.17, 15) is 20.2 Å². The van der Waals surface area contributed by atoms with Crippen molar-refractivity contribution in [2.45, 2.75) is 11.1 Å². The number of nitrogens with zero attached hydrogens (tertiary/aromatic N) is 2. The van der Waals surface area contributed by atoms with Crippen LogP contribution in [0.1, 0.15) is 0 Å². The van der Waals surface area contributed by atoms with Gasteiger partial charge in [-0.25, -0.2) is 0 Å². The first kappa shape index (κ1) is 20.9. The predicted octanol–water partition coefficient (Wildman–Crippen LogP) is -3.42. The molecular formula is C14H30N8O4. The van der Waals surface area contributed by atoms with Crippen LogP contribution in [0.25, 0.3) is 0 Å². The highest BCUT2D eigenvalue weighted by atomic mass is 16.6. The van der Waals surface area contributed by atoms with Crippen LogP contribution in [0, 0.1) is 20.2 Å². The van der Waals surface area contributed by atoms with Crippen molar-refractivity contribution in [2.75, 3.05) is 78.5 Å². The zero-order valence-corrected chi connectivity index (χ0v) is 15.0. The van der Waals surface area contributed by atoms with Crippen LogP contribution in [0.15, 0.2) is 0 Å². The van der Waals surface area contributed by atoms with Gasteiger partial charge in [0.2, 0.25) is 0 Å². The third-order valence-corrected chi connectivity index (χ3v) is 4.93. The quantitative estimate of drug-likeness (QED) is 0.212. The molecule has 2 bridgehead atoms. The van der Waals surface area contributed by atoms with Gasteiger partial charge in [-0.2, -0.15) is 0 Å². The minimum Gasteiger partial charge on any atom is -0.309 e. The summed E-state index contributed by atoms with van der Waals surface area (Å²) in [5, 5.41) is 42.3. The summed E-state index contributed by atoms with van der Waals surface area (Å²) < 4.78 is 0. The molecule has 150 valence electrons. The van der Waals surface area contributed by atoms with Crippen LogP contribution in [-0.2, 0) is 0 Å². The fourth-order valence-electron chi connectivity index (χ4n) is 3.22. The van der Waals surface area contributed by atoms with E-state index in [1.807, 2.05) is 0 Å². The maximum absolute atomic E-state index is 11.8. The average molecular weight is 374 g/mol. The van der Waals surface area contributed by atoms with Gasteiger partial charge >= 0.3 is 0 Å². The monoisotopic (exact) mass is 374 g/mol. The standard InChI is InChI=1S/C14H30N8O4/c23-21(24)13-7-15-1-2-16-8-14(22(25)26,11-19-5-3-17-9-13)12-20-6-4-18-10-13/h15-20H,1-12H2. The summed E-state index contributed by atoms with van der Waals surface area (Å²) in [5.41, 5.74) is -2.28. The summed E-state index contributed by atoms with van der Waals surface area (Å²) in [7, 11) is 0. The Morgan fingerprint density at radius 1 is 0.500 bits per heavy atom. The summed E-state index contributed by atoms with van der Waals surface area (Å²) in [4.78, 5) is 23.1. The molecule has 12 nitrogen and oxygen atoms in total. The number of nitrogens with one attached hydrogen (secondary N) is 6. The molecule has 0 aromatic carbocycles. The molecule has 0 atom stereocenters. The molecule has 3 fully saturated rings. The Bertz CT molecular complexity index is 392. The normalized spacial score (nSPS) is 33.1. The van der Waals surface area contributed by atoms with E-state index in [2.05, 4.69) is 31.9 Å². The van der Waals surface area contributed by atoms with Crippen molar-refractivity contribution in [2.24, 2.45) is 0 Å². The van der Waals surface area contributed by atoms with Crippen molar-refractivity contribution in [3.05, 3.63) is 20.2 Å². The van der Waals surface area contributed by atoms with E-state index < -0.39 is 11.1 Å². The molecule has 0 spiro atoms. The summed E-state index contributed by atoms with van der Waals surface area (Å²) in [6.45, 7) is 4.38. The van der Waals surface area contributed by atoms with E-state index in [-0.39, 0.29) is 49.1 Å². The van der Waals surface area contributed by atoms with Gasteiger partial charge in [0, 0.05) is 49.1 Å². The SMILES string of the molecule is O=[N+]([O-])C12CNCCNCC([N+](=O)[O-])(CNCCNC1)CNCCNC2. The molecule has 3 aliphatic heterocycles. The summed E-state index contributed by atoms with van der Waals surface area (Å²) in [5.74, 6) is 0. The minimum atomic E-state index is -1.14. The van der Waals surface area contributed by atoms with E-state index in [1.54, 1.807) is 0 Å². The largest absolute Gasteiger partial charge is 0.309 e. The summed E-state index contributed by atoms with van der Waals surface area (Å²) in [6.07, 6.45) is 0. The highest BCUT2D eigenvalue weighted by molar-refractivity contribution is 4.91. The molecule has 3 aliphatic rings. The minimum absolute atomic E-state index is 0.218. The van der Waals surface area contributed by atoms with Gasteiger partial charge in [0.15, 0.2) is 0 Å². The number of nitro groups is 2. The van der Waals surface area contributed by atoms with E-state index in [4.69, 9.17) is 0 Å². The molecule has 0 radical (unpaired) electrons. The number of hydrogen-bond acceptors (Lipinski definition) is 10. The zero-order valence-electron chi connectivity index (χ0n) is 15.0. The first-order chi connectivity index (χ1) is 12.5. The van der Waals surface area contributed by atoms with E-state index in [0.29, 0.717) is 39.3 Å². The van der Waals surface area contributed by atoms with Crippen LogP contribution in [0.4, 0.5) is 0 Å². The number of rotatable bonds is 2. The predicted molar refractivity (Wildman–Crippen MR) is 96.7 cm³/mol. The topological polar surface area (TPSA) is 158 Å². The Kier molecular flexibility index (Phi) is 8.06. The van der Waals surface area contributed by atoms with Gasteiger partial charge in [0.1, 0.15) is 0 Å². The van der Waals surface area contributed by atoms with Crippen LogP contribution in [-0.4, -0.2) is 99.5 Å². The van der Waals surface area contributed by atoms with Crippen molar-refractivity contribution in [3.8, 4) is 0 Å². The van der Waals surface area contributed by atoms with Crippen molar-refractivity contribution >= 4 is 0 Å². The van der Waals surface area contributed by atoms with E-state index in [1.165, 1.54) is 0 Å². The Balaban J connectivity index is 2.20. The fourth-order valence-corrected chi connectivity index (χ4v) is 3.22. The summed E-state index contributed by atoms with van der Waals surface area (Å²) in [6, 6.07) is 0. The highest BCUT2D eigenvalue weighted by Gasteiger charge is 2.44. The fraction of sp³-hybridized carbons (Fsp3) is 1.00. The van der Waals surface area contributed by atoms with E-state index >= 15 is 0 Å². The second-order valence-electron chi connectivity index (χ2n) is 7.02. The van der Waals surface area contributed by atoms with Gasteiger partial charge in [0.25, 0.3) is 11.1 Å². The molecule has 0 unspecified atom stereocenters. The molecule has 0 saturated carbocycles. The van der Waals surface area contributed by atoms with Crippen molar-refractivity contribution in [1.82, 2.24) is 31.9 Å². The third kappa shape index (κ3) is 5.53. The highest BCUT2D eigenvalue weighted by Crippen LogP contribution is 2.09. The number of hydrogen-bond donors (Lipinski definition) is 6. The Hall–Kier alpha value is -1.44. The summed E-state index contributed by atoms with van der Waals surface area (Å²) >= 11 is 0. The molecule has 0 aromatic heterocycles. The first-order valence-corrected chi connectivity index (χ1v) is 9.04. The molecule has 0 amide bonds. The van der Waals surface area contributed by atoms with Crippen LogP contribution in [0.3, 0.4) is 0 Å². The lowest BCUT2D eigenvalue weighted by atomic mass is 9.98. The first-order valence-electron chi connectivity index (χ1n) is 9.04. The van der Waals surface area contributed by atoms with Gasteiger partial charge in [-0.1, -0.05) is 0 Å². The zero-order chi connectivity index (χ0) is 18.9. The molecular weight excluding hydrogens is 344 g/mol. The Morgan fingerprint density at radius 2 is 0.692 bits per heavy atom. The molecule has 26 heavy (non-hydrogen) atoms. The van der Waals surface area contributed by atoms with Crippen LogP contribution in [0.5, 0.6) is 0 Å². The lowest BCUT2D eigenvalue weighted by Crippen LogP contribution is -2.63. The molecule has 3 rings (SSSR count). The molecule has 3 heterocycles.